The molecule has 2 atom stereocenters. The third-order valence-corrected chi connectivity index (χ3v) is 5.07. The predicted octanol–water partition coefficient (Wildman–Crippen LogP) is 1.76. The second-order valence-electron chi connectivity index (χ2n) is 7.09. The predicted molar refractivity (Wildman–Crippen MR) is 112 cm³/mol. The fourth-order valence-corrected chi connectivity index (χ4v) is 3.68. The Morgan fingerprint density at radius 3 is 2.76 bits per heavy atom. The van der Waals surface area contributed by atoms with Gasteiger partial charge >= 0.3 is 0 Å². The summed E-state index contributed by atoms with van der Waals surface area (Å²) >= 11 is 0. The molecule has 2 aromatic carbocycles. The van der Waals surface area contributed by atoms with Crippen LogP contribution in [-0.4, -0.2) is 56.4 Å². The highest BCUT2D eigenvalue weighted by Crippen LogP contribution is 2.35. The summed E-state index contributed by atoms with van der Waals surface area (Å²) in [5.41, 5.74) is 7.52. The van der Waals surface area contributed by atoms with E-state index in [0.717, 1.165) is 18.8 Å². The van der Waals surface area contributed by atoms with Crippen molar-refractivity contribution in [3.05, 3.63) is 54.1 Å². The van der Waals surface area contributed by atoms with Gasteiger partial charge in [-0.2, -0.15) is 0 Å². The van der Waals surface area contributed by atoms with Crippen molar-refractivity contribution in [2.24, 2.45) is 5.73 Å². The van der Waals surface area contributed by atoms with Crippen molar-refractivity contribution in [2.45, 2.75) is 12.0 Å². The van der Waals surface area contributed by atoms with Gasteiger partial charge in [-0.3, -0.25) is 9.69 Å². The molecule has 0 spiro atoms. The van der Waals surface area contributed by atoms with E-state index in [0.29, 0.717) is 31.2 Å². The smallest absolute Gasteiger partial charge is 0.234 e. The molecule has 7 nitrogen and oxygen atoms in total. The minimum Gasteiger partial charge on any atom is -0.492 e. The maximum Gasteiger partial charge on any atom is 0.234 e. The Balaban J connectivity index is 0.00000240. The number of nitrogens with two attached hydrogens (primary N) is 1. The quantitative estimate of drug-likeness (QED) is 0.665. The molecule has 8 heteroatoms. The summed E-state index contributed by atoms with van der Waals surface area (Å²) in [6.07, 6.45) is 0. The summed E-state index contributed by atoms with van der Waals surface area (Å²) in [6, 6.07) is 15.7. The SMILES string of the molecule is Cl.N[C@@H]1CN(CC(=O)NCCOc2ccc3c(c2)OCO3)C[C@H]1c1ccccc1. The van der Waals surface area contributed by atoms with Gasteiger partial charge in [0.25, 0.3) is 0 Å². The number of fused-ring (bicyclic) bond motifs is 1. The Morgan fingerprint density at radius 2 is 1.93 bits per heavy atom. The summed E-state index contributed by atoms with van der Waals surface area (Å²) in [5, 5.41) is 2.90. The van der Waals surface area contributed by atoms with Gasteiger partial charge in [0.15, 0.2) is 11.5 Å². The number of rotatable bonds is 7. The molecule has 0 saturated carbocycles. The molecule has 0 radical (unpaired) electrons. The van der Waals surface area contributed by atoms with Crippen LogP contribution in [0.3, 0.4) is 0 Å². The standard InChI is InChI=1S/C21H25N3O4.ClH/c22-18-12-24(11-17(18)15-4-2-1-3-5-15)13-21(25)23-8-9-26-16-6-7-19-20(10-16)28-14-27-19;/h1-7,10,17-18H,8-9,11-14,22H2,(H,23,25);1H/t17-,18+;/m0./s1. The molecule has 3 N–H and O–H groups in total. The van der Waals surface area contributed by atoms with Crippen molar-refractivity contribution in [2.75, 3.05) is 39.6 Å². The molecule has 2 aliphatic rings. The van der Waals surface area contributed by atoms with Gasteiger partial charge in [0.2, 0.25) is 12.7 Å². The third-order valence-electron chi connectivity index (χ3n) is 5.07. The van der Waals surface area contributed by atoms with Crippen LogP contribution in [0.15, 0.2) is 48.5 Å². The second kappa shape index (κ2) is 9.82. The Morgan fingerprint density at radius 1 is 1.14 bits per heavy atom. The van der Waals surface area contributed by atoms with Gasteiger partial charge in [0, 0.05) is 31.1 Å². The lowest BCUT2D eigenvalue weighted by atomic mass is 9.95. The molecule has 2 aromatic rings. The molecule has 1 saturated heterocycles. The summed E-state index contributed by atoms with van der Waals surface area (Å²) in [6.45, 7) is 2.93. The number of nitrogens with zero attached hydrogens (tertiary/aromatic N) is 1. The number of hydrogen-bond acceptors (Lipinski definition) is 6. The van der Waals surface area contributed by atoms with Gasteiger partial charge in [-0.25, -0.2) is 0 Å². The lowest BCUT2D eigenvalue weighted by molar-refractivity contribution is -0.122. The highest BCUT2D eigenvalue weighted by atomic mass is 35.5. The maximum absolute atomic E-state index is 12.2. The van der Waals surface area contributed by atoms with E-state index in [1.54, 1.807) is 6.07 Å². The van der Waals surface area contributed by atoms with Crippen LogP contribution in [0, 0.1) is 0 Å². The van der Waals surface area contributed by atoms with E-state index in [1.807, 2.05) is 30.3 Å². The molecule has 29 heavy (non-hydrogen) atoms. The van der Waals surface area contributed by atoms with Crippen molar-refractivity contribution in [1.29, 1.82) is 0 Å². The fourth-order valence-electron chi connectivity index (χ4n) is 3.68. The van der Waals surface area contributed by atoms with Crippen LogP contribution in [-0.2, 0) is 4.79 Å². The topological polar surface area (TPSA) is 86.1 Å². The van der Waals surface area contributed by atoms with E-state index in [9.17, 15) is 4.79 Å². The van der Waals surface area contributed by atoms with Gasteiger partial charge in [0.1, 0.15) is 12.4 Å². The van der Waals surface area contributed by atoms with E-state index in [2.05, 4.69) is 22.3 Å². The first kappa shape index (κ1) is 21.2. The zero-order valence-corrected chi connectivity index (χ0v) is 16.9. The zero-order valence-electron chi connectivity index (χ0n) is 16.1. The zero-order chi connectivity index (χ0) is 19.3. The molecule has 4 rings (SSSR count). The second-order valence-corrected chi connectivity index (χ2v) is 7.09. The molecule has 0 unspecified atom stereocenters. The number of carbonyl (C=O) groups excluding carboxylic acids is 1. The first-order valence-electron chi connectivity index (χ1n) is 9.51. The summed E-state index contributed by atoms with van der Waals surface area (Å²) in [4.78, 5) is 14.3. The molecular weight excluding hydrogens is 394 g/mol. The molecule has 1 fully saturated rings. The van der Waals surface area contributed by atoms with Gasteiger partial charge < -0.3 is 25.3 Å². The van der Waals surface area contributed by atoms with Crippen molar-refractivity contribution in [1.82, 2.24) is 10.2 Å². The number of halogens is 1. The minimum absolute atomic E-state index is 0. The van der Waals surface area contributed by atoms with Gasteiger partial charge in [-0.1, -0.05) is 30.3 Å². The van der Waals surface area contributed by atoms with Crippen molar-refractivity contribution in [3.8, 4) is 17.2 Å². The molecular formula is C21H26ClN3O4. The number of carbonyl (C=O) groups is 1. The van der Waals surface area contributed by atoms with Gasteiger partial charge in [-0.15, -0.1) is 12.4 Å². The fraction of sp³-hybridized carbons (Fsp3) is 0.381. The summed E-state index contributed by atoms with van der Waals surface area (Å²) in [5.74, 6) is 2.34. The van der Waals surface area contributed by atoms with Crippen LogP contribution in [0.2, 0.25) is 0 Å². The number of hydrogen-bond donors (Lipinski definition) is 2. The van der Waals surface area contributed by atoms with Crippen LogP contribution in [0.4, 0.5) is 0 Å². The molecule has 1 amide bonds. The maximum atomic E-state index is 12.2. The van der Waals surface area contributed by atoms with Crippen molar-refractivity contribution >= 4 is 18.3 Å². The van der Waals surface area contributed by atoms with E-state index in [4.69, 9.17) is 19.9 Å². The molecule has 2 heterocycles. The molecule has 156 valence electrons. The first-order chi connectivity index (χ1) is 13.7. The Bertz CT molecular complexity index is 821. The largest absolute Gasteiger partial charge is 0.492 e. The van der Waals surface area contributed by atoms with E-state index < -0.39 is 0 Å². The Labute approximate surface area is 176 Å². The lowest BCUT2D eigenvalue weighted by Gasteiger charge is -2.16. The van der Waals surface area contributed by atoms with Crippen LogP contribution in [0.25, 0.3) is 0 Å². The number of benzene rings is 2. The van der Waals surface area contributed by atoms with Crippen molar-refractivity contribution < 1.29 is 19.0 Å². The Hall–Kier alpha value is -2.48. The number of likely N-dealkylation sites (tertiary alicyclic amines) is 1. The molecule has 2 aliphatic heterocycles. The van der Waals surface area contributed by atoms with Crippen molar-refractivity contribution in [3.63, 3.8) is 0 Å². The van der Waals surface area contributed by atoms with Gasteiger partial charge in [0.05, 0.1) is 13.1 Å². The summed E-state index contributed by atoms with van der Waals surface area (Å²) < 4.78 is 16.2. The van der Waals surface area contributed by atoms with Crippen LogP contribution in [0.1, 0.15) is 11.5 Å². The van der Waals surface area contributed by atoms with Gasteiger partial charge in [-0.05, 0) is 17.7 Å². The molecule has 0 aliphatic carbocycles. The monoisotopic (exact) mass is 419 g/mol. The van der Waals surface area contributed by atoms with Crippen LogP contribution < -0.4 is 25.3 Å². The third kappa shape index (κ3) is 5.32. The highest BCUT2D eigenvalue weighted by molar-refractivity contribution is 5.85. The molecule has 0 aromatic heterocycles. The van der Waals surface area contributed by atoms with E-state index in [-0.39, 0.29) is 37.1 Å². The average Bonchev–Trinajstić information content (AvgIpc) is 3.31. The lowest BCUT2D eigenvalue weighted by Crippen LogP contribution is -2.38. The first-order valence-corrected chi connectivity index (χ1v) is 9.51. The number of nitrogens with one attached hydrogen (secondary N) is 1. The minimum atomic E-state index is -0.0183. The van der Waals surface area contributed by atoms with Crippen LogP contribution >= 0.6 is 12.4 Å². The normalized spacial score (nSPS) is 20.2. The Kier molecular flexibility index (Phi) is 7.19. The number of amides is 1. The van der Waals surface area contributed by atoms with Crippen LogP contribution in [0.5, 0.6) is 17.2 Å². The number of ether oxygens (including phenoxy) is 3. The van der Waals surface area contributed by atoms with E-state index >= 15 is 0 Å². The summed E-state index contributed by atoms with van der Waals surface area (Å²) in [7, 11) is 0. The van der Waals surface area contributed by atoms with E-state index in [1.165, 1.54) is 5.56 Å². The average molecular weight is 420 g/mol. The molecule has 0 bridgehead atoms. The highest BCUT2D eigenvalue weighted by Gasteiger charge is 2.31.